The van der Waals surface area contributed by atoms with Crippen LogP contribution in [-0.4, -0.2) is 44.8 Å². The summed E-state index contributed by atoms with van der Waals surface area (Å²) >= 11 is 0. The van der Waals surface area contributed by atoms with Crippen LogP contribution < -0.4 is 5.32 Å². The van der Waals surface area contributed by atoms with Crippen molar-refractivity contribution in [3.8, 4) is 11.4 Å². The molecule has 0 saturated heterocycles. The molecule has 2 aromatic carbocycles. The number of halogens is 1. The number of fused-ring (bicyclic) bond motifs is 1. The molecule has 0 aliphatic rings. The van der Waals surface area contributed by atoms with Gasteiger partial charge >= 0.3 is 0 Å². The lowest BCUT2D eigenvalue weighted by Crippen LogP contribution is -2.29. The number of hydrogen-bond donors (Lipinski definition) is 1. The van der Waals surface area contributed by atoms with E-state index in [2.05, 4.69) is 15.3 Å². The predicted octanol–water partition coefficient (Wildman–Crippen LogP) is 4.53. The standard InChI is InChI=1S/C26H26FN5O2/c1-4-32-24-22(29-17(2)33)15-18(26(34)31(3)14-12-19-9-7-8-13-28-19)16-23(24)30-25(32)20-10-5-6-11-21(20)27/h5-11,13,15-16H,4,12,14H2,1-3H3,(H,29,33). The molecule has 8 heteroatoms. The van der Waals surface area contributed by atoms with E-state index in [0.717, 1.165) is 5.69 Å². The van der Waals surface area contributed by atoms with E-state index in [-0.39, 0.29) is 17.6 Å². The van der Waals surface area contributed by atoms with Gasteiger partial charge in [-0.15, -0.1) is 0 Å². The summed E-state index contributed by atoms with van der Waals surface area (Å²) in [5, 5.41) is 2.82. The molecule has 174 valence electrons. The third kappa shape index (κ3) is 4.66. The molecule has 0 unspecified atom stereocenters. The minimum atomic E-state index is -0.390. The maximum atomic E-state index is 14.6. The first-order valence-corrected chi connectivity index (χ1v) is 11.1. The van der Waals surface area contributed by atoms with E-state index in [0.29, 0.717) is 53.2 Å². The van der Waals surface area contributed by atoms with Gasteiger partial charge in [-0.3, -0.25) is 14.6 Å². The maximum Gasteiger partial charge on any atom is 0.253 e. The molecule has 0 fully saturated rings. The Balaban J connectivity index is 1.75. The van der Waals surface area contributed by atoms with Crippen LogP contribution in [0.3, 0.4) is 0 Å². The van der Waals surface area contributed by atoms with Crippen molar-refractivity contribution in [2.45, 2.75) is 26.8 Å². The monoisotopic (exact) mass is 459 g/mol. The zero-order chi connectivity index (χ0) is 24.2. The highest BCUT2D eigenvalue weighted by molar-refractivity contribution is 6.05. The first-order valence-electron chi connectivity index (χ1n) is 11.1. The molecule has 4 aromatic rings. The number of hydrogen-bond acceptors (Lipinski definition) is 4. The van der Waals surface area contributed by atoms with Crippen LogP contribution in [0.5, 0.6) is 0 Å². The van der Waals surface area contributed by atoms with E-state index in [1.54, 1.807) is 48.5 Å². The Hall–Kier alpha value is -4.07. The molecule has 2 aromatic heterocycles. The van der Waals surface area contributed by atoms with Crippen molar-refractivity contribution >= 4 is 28.5 Å². The number of anilines is 1. The van der Waals surface area contributed by atoms with Crippen molar-refractivity contribution in [1.82, 2.24) is 19.4 Å². The molecule has 0 radical (unpaired) electrons. The molecule has 34 heavy (non-hydrogen) atoms. The van der Waals surface area contributed by atoms with Crippen LogP contribution in [0, 0.1) is 5.82 Å². The van der Waals surface area contributed by atoms with Gasteiger partial charge in [0, 0.05) is 50.9 Å². The summed E-state index contributed by atoms with van der Waals surface area (Å²) in [5.74, 6) is -0.428. The largest absolute Gasteiger partial charge is 0.341 e. The molecular weight excluding hydrogens is 433 g/mol. The quantitative estimate of drug-likeness (QED) is 0.440. The Morgan fingerprint density at radius 3 is 2.56 bits per heavy atom. The van der Waals surface area contributed by atoms with Crippen molar-refractivity contribution in [2.75, 3.05) is 18.9 Å². The predicted molar refractivity (Wildman–Crippen MR) is 130 cm³/mol. The van der Waals surface area contributed by atoms with Gasteiger partial charge in [-0.25, -0.2) is 9.37 Å². The van der Waals surface area contributed by atoms with Gasteiger partial charge in [0.1, 0.15) is 11.6 Å². The molecule has 0 spiro atoms. The molecule has 0 saturated carbocycles. The molecule has 0 aliphatic carbocycles. The van der Waals surface area contributed by atoms with Gasteiger partial charge in [-0.2, -0.15) is 0 Å². The van der Waals surface area contributed by atoms with E-state index >= 15 is 0 Å². The number of nitrogens with zero attached hydrogens (tertiary/aromatic N) is 4. The summed E-state index contributed by atoms with van der Waals surface area (Å²) in [6.45, 7) is 4.31. The minimum absolute atomic E-state index is 0.206. The number of aromatic nitrogens is 3. The average molecular weight is 460 g/mol. The van der Waals surface area contributed by atoms with Gasteiger partial charge in [0.05, 0.1) is 22.3 Å². The Bertz CT molecular complexity index is 1350. The molecule has 2 heterocycles. The van der Waals surface area contributed by atoms with Crippen LogP contribution in [0.2, 0.25) is 0 Å². The lowest BCUT2D eigenvalue weighted by Gasteiger charge is -2.18. The number of likely N-dealkylation sites (N-methyl/N-ethyl adjacent to an activating group) is 1. The van der Waals surface area contributed by atoms with Crippen molar-refractivity contribution in [2.24, 2.45) is 0 Å². The van der Waals surface area contributed by atoms with E-state index in [1.807, 2.05) is 29.7 Å². The van der Waals surface area contributed by atoms with Crippen molar-refractivity contribution in [1.29, 1.82) is 0 Å². The molecule has 0 aliphatic heterocycles. The van der Waals surface area contributed by atoms with Gasteiger partial charge in [0.15, 0.2) is 0 Å². The first kappa shape index (κ1) is 23.1. The van der Waals surface area contributed by atoms with Crippen molar-refractivity contribution in [3.63, 3.8) is 0 Å². The zero-order valence-electron chi connectivity index (χ0n) is 19.4. The second-order valence-electron chi connectivity index (χ2n) is 8.03. The van der Waals surface area contributed by atoms with Crippen LogP contribution in [-0.2, 0) is 17.8 Å². The highest BCUT2D eigenvalue weighted by atomic mass is 19.1. The maximum absolute atomic E-state index is 14.6. The lowest BCUT2D eigenvalue weighted by atomic mass is 10.1. The number of imidazole rings is 1. The summed E-state index contributed by atoms with van der Waals surface area (Å²) in [5.41, 5.74) is 3.25. The molecule has 2 amide bonds. The number of carbonyl (C=O) groups excluding carboxylic acids is 2. The average Bonchev–Trinajstić information content (AvgIpc) is 3.21. The molecule has 7 nitrogen and oxygen atoms in total. The molecule has 0 atom stereocenters. The van der Waals surface area contributed by atoms with Gasteiger partial charge in [-0.05, 0) is 43.3 Å². The number of aryl methyl sites for hydroxylation is 1. The van der Waals surface area contributed by atoms with Gasteiger partial charge < -0.3 is 14.8 Å². The van der Waals surface area contributed by atoms with Crippen molar-refractivity contribution in [3.05, 3.63) is 77.9 Å². The minimum Gasteiger partial charge on any atom is -0.341 e. The lowest BCUT2D eigenvalue weighted by molar-refractivity contribution is -0.114. The third-order valence-corrected chi connectivity index (χ3v) is 5.61. The van der Waals surface area contributed by atoms with Gasteiger partial charge in [-0.1, -0.05) is 18.2 Å². The topological polar surface area (TPSA) is 80.1 Å². The zero-order valence-corrected chi connectivity index (χ0v) is 19.4. The van der Waals surface area contributed by atoms with E-state index < -0.39 is 0 Å². The number of pyridine rings is 1. The number of nitrogens with one attached hydrogen (secondary N) is 1. The molecule has 4 rings (SSSR count). The van der Waals surface area contributed by atoms with E-state index in [4.69, 9.17) is 0 Å². The number of benzene rings is 2. The fourth-order valence-electron chi connectivity index (χ4n) is 3.98. The fourth-order valence-corrected chi connectivity index (χ4v) is 3.98. The van der Waals surface area contributed by atoms with E-state index in [1.165, 1.54) is 13.0 Å². The second-order valence-corrected chi connectivity index (χ2v) is 8.03. The van der Waals surface area contributed by atoms with Crippen molar-refractivity contribution < 1.29 is 14.0 Å². The number of carbonyl (C=O) groups is 2. The number of amides is 2. The highest BCUT2D eigenvalue weighted by Gasteiger charge is 2.21. The summed E-state index contributed by atoms with van der Waals surface area (Å²) in [7, 11) is 1.73. The van der Waals surface area contributed by atoms with Gasteiger partial charge in [0.25, 0.3) is 5.91 Å². The second kappa shape index (κ2) is 9.82. The Labute approximate surface area is 197 Å². The number of rotatable bonds is 7. The van der Waals surface area contributed by atoms with E-state index in [9.17, 15) is 14.0 Å². The fraction of sp³-hybridized carbons (Fsp3) is 0.231. The summed E-state index contributed by atoms with van der Waals surface area (Å²) in [6, 6.07) is 15.4. The highest BCUT2D eigenvalue weighted by Crippen LogP contribution is 2.32. The SMILES string of the molecule is CCn1c(-c2ccccc2F)nc2cc(C(=O)N(C)CCc3ccccn3)cc(NC(C)=O)c21. The molecule has 1 N–H and O–H groups in total. The Kier molecular flexibility index (Phi) is 6.67. The summed E-state index contributed by atoms with van der Waals surface area (Å²) < 4.78 is 16.4. The smallest absolute Gasteiger partial charge is 0.253 e. The van der Waals surface area contributed by atoms with Crippen LogP contribution >= 0.6 is 0 Å². The third-order valence-electron chi connectivity index (χ3n) is 5.61. The summed E-state index contributed by atoms with van der Waals surface area (Å²) in [6.07, 6.45) is 2.34. The Morgan fingerprint density at radius 2 is 1.88 bits per heavy atom. The van der Waals surface area contributed by atoms with Crippen LogP contribution in [0.1, 0.15) is 29.9 Å². The first-order chi connectivity index (χ1) is 16.4. The normalized spacial score (nSPS) is 10.9. The Morgan fingerprint density at radius 1 is 1.12 bits per heavy atom. The molecule has 0 bridgehead atoms. The van der Waals surface area contributed by atoms with Crippen LogP contribution in [0.15, 0.2) is 60.8 Å². The molecular formula is C26H26FN5O2. The van der Waals surface area contributed by atoms with Crippen LogP contribution in [0.25, 0.3) is 22.4 Å². The van der Waals surface area contributed by atoms with Gasteiger partial charge in [0.2, 0.25) is 5.91 Å². The summed E-state index contributed by atoms with van der Waals surface area (Å²) in [4.78, 5) is 35.8. The van der Waals surface area contributed by atoms with Crippen LogP contribution in [0.4, 0.5) is 10.1 Å².